The first-order valence-corrected chi connectivity index (χ1v) is 5.79. The van der Waals surface area contributed by atoms with Crippen LogP contribution >= 0.6 is 10.7 Å². The van der Waals surface area contributed by atoms with Gasteiger partial charge in [0.25, 0.3) is 0 Å². The van der Waals surface area contributed by atoms with Gasteiger partial charge in [-0.1, -0.05) is 0 Å². The largest absolute Gasteiger partial charge is 0.381 e. The highest BCUT2D eigenvalue weighted by molar-refractivity contribution is 8.14. The van der Waals surface area contributed by atoms with E-state index >= 15 is 0 Å². The smallest absolute Gasteiger partial charge is 0.238 e. The SMILES string of the molecule is CC1(S(=O)(=O)Cl)CCOCC1. The third-order valence-corrected chi connectivity index (χ3v) is 4.84. The number of rotatable bonds is 1. The highest BCUT2D eigenvalue weighted by Crippen LogP contribution is 2.31. The van der Waals surface area contributed by atoms with E-state index < -0.39 is 13.8 Å². The quantitative estimate of drug-likeness (QED) is 0.594. The molecule has 0 aromatic carbocycles. The first kappa shape index (κ1) is 9.29. The molecular weight excluding hydrogens is 188 g/mol. The monoisotopic (exact) mass is 198 g/mol. The Hall–Kier alpha value is 0.200. The van der Waals surface area contributed by atoms with Crippen molar-refractivity contribution in [3.63, 3.8) is 0 Å². The Labute approximate surface area is 71.1 Å². The lowest BCUT2D eigenvalue weighted by Gasteiger charge is -2.29. The summed E-state index contributed by atoms with van der Waals surface area (Å²) in [6.07, 6.45) is 0.998. The third kappa shape index (κ3) is 1.86. The summed E-state index contributed by atoms with van der Waals surface area (Å²) in [7, 11) is 1.84. The van der Waals surface area contributed by atoms with Gasteiger partial charge in [0.05, 0.1) is 4.75 Å². The molecule has 66 valence electrons. The Morgan fingerprint density at radius 1 is 1.36 bits per heavy atom. The maximum atomic E-state index is 11.0. The molecule has 1 fully saturated rings. The summed E-state index contributed by atoms with van der Waals surface area (Å²) >= 11 is 0. The minimum Gasteiger partial charge on any atom is -0.381 e. The van der Waals surface area contributed by atoms with Crippen molar-refractivity contribution in [3.05, 3.63) is 0 Å². The van der Waals surface area contributed by atoms with Crippen molar-refractivity contribution in [2.24, 2.45) is 0 Å². The molecule has 1 heterocycles. The van der Waals surface area contributed by atoms with Crippen LogP contribution in [0.1, 0.15) is 19.8 Å². The average Bonchev–Trinajstić information content (AvgIpc) is 1.87. The first-order chi connectivity index (χ1) is 4.96. The summed E-state index contributed by atoms with van der Waals surface area (Å²) in [4.78, 5) is 0. The van der Waals surface area contributed by atoms with Crippen LogP contribution in [0.3, 0.4) is 0 Å². The summed E-state index contributed by atoms with van der Waals surface area (Å²) in [6, 6.07) is 0. The maximum Gasteiger partial charge on any atom is 0.238 e. The van der Waals surface area contributed by atoms with Crippen LogP contribution in [0, 0.1) is 0 Å². The lowest BCUT2D eigenvalue weighted by atomic mass is 10.0. The fourth-order valence-corrected chi connectivity index (χ4v) is 2.16. The molecule has 0 amide bonds. The van der Waals surface area contributed by atoms with Crippen LogP contribution in [0.2, 0.25) is 0 Å². The van der Waals surface area contributed by atoms with Crippen molar-refractivity contribution >= 4 is 19.7 Å². The Morgan fingerprint density at radius 3 is 2.09 bits per heavy atom. The molecule has 0 spiro atoms. The van der Waals surface area contributed by atoms with Crippen molar-refractivity contribution < 1.29 is 13.2 Å². The highest BCUT2D eigenvalue weighted by Gasteiger charge is 2.39. The number of hydrogen-bond acceptors (Lipinski definition) is 3. The van der Waals surface area contributed by atoms with Crippen molar-refractivity contribution in [2.45, 2.75) is 24.5 Å². The van der Waals surface area contributed by atoms with E-state index in [1.54, 1.807) is 6.92 Å². The third-order valence-electron chi connectivity index (χ3n) is 2.14. The van der Waals surface area contributed by atoms with E-state index in [0.717, 1.165) is 0 Å². The molecule has 0 atom stereocenters. The van der Waals surface area contributed by atoms with Crippen LogP contribution in [0.5, 0.6) is 0 Å². The molecule has 1 rings (SSSR count). The first-order valence-electron chi connectivity index (χ1n) is 3.48. The van der Waals surface area contributed by atoms with E-state index in [0.29, 0.717) is 26.1 Å². The predicted octanol–water partition coefficient (Wildman–Crippen LogP) is 1.12. The van der Waals surface area contributed by atoms with Crippen molar-refractivity contribution in [3.8, 4) is 0 Å². The van der Waals surface area contributed by atoms with Gasteiger partial charge in [0.2, 0.25) is 9.05 Å². The van der Waals surface area contributed by atoms with Crippen LogP contribution in [-0.2, 0) is 13.8 Å². The van der Waals surface area contributed by atoms with Gasteiger partial charge in [-0.25, -0.2) is 8.42 Å². The molecule has 0 radical (unpaired) electrons. The van der Waals surface area contributed by atoms with Crippen molar-refractivity contribution in [2.75, 3.05) is 13.2 Å². The lowest BCUT2D eigenvalue weighted by Crippen LogP contribution is -2.38. The van der Waals surface area contributed by atoms with Crippen molar-refractivity contribution in [1.29, 1.82) is 0 Å². The molecule has 0 saturated carbocycles. The van der Waals surface area contributed by atoms with Crippen molar-refractivity contribution in [1.82, 2.24) is 0 Å². The highest BCUT2D eigenvalue weighted by atomic mass is 35.7. The molecular formula is C6H11ClO3S. The summed E-state index contributed by atoms with van der Waals surface area (Å²) in [6.45, 7) is 2.64. The van der Waals surface area contributed by atoms with Crippen LogP contribution in [0.15, 0.2) is 0 Å². The molecule has 1 aliphatic rings. The van der Waals surface area contributed by atoms with Crippen LogP contribution in [0.25, 0.3) is 0 Å². The molecule has 1 saturated heterocycles. The summed E-state index contributed by atoms with van der Waals surface area (Å²) < 4.78 is 26.3. The molecule has 5 heteroatoms. The van der Waals surface area contributed by atoms with E-state index in [1.807, 2.05) is 0 Å². The molecule has 11 heavy (non-hydrogen) atoms. The van der Waals surface area contributed by atoms with Gasteiger partial charge >= 0.3 is 0 Å². The van der Waals surface area contributed by atoms with E-state index in [2.05, 4.69) is 0 Å². The molecule has 0 bridgehead atoms. The normalized spacial score (nSPS) is 24.9. The van der Waals surface area contributed by atoms with Crippen LogP contribution < -0.4 is 0 Å². The Bertz CT molecular complexity index is 228. The summed E-state index contributed by atoms with van der Waals surface area (Å²) in [5, 5.41) is 0. The number of halogens is 1. The van der Waals surface area contributed by atoms with E-state index in [4.69, 9.17) is 15.4 Å². The Morgan fingerprint density at radius 2 is 1.82 bits per heavy atom. The van der Waals surface area contributed by atoms with E-state index in [-0.39, 0.29) is 0 Å². The zero-order chi connectivity index (χ0) is 8.54. The van der Waals surface area contributed by atoms with Gasteiger partial charge < -0.3 is 4.74 Å². The second-order valence-corrected chi connectivity index (χ2v) is 6.08. The van der Waals surface area contributed by atoms with Crippen LogP contribution in [0.4, 0.5) is 0 Å². The van der Waals surface area contributed by atoms with Crippen LogP contribution in [-0.4, -0.2) is 26.4 Å². The van der Waals surface area contributed by atoms with Gasteiger partial charge in [0, 0.05) is 23.9 Å². The zero-order valence-electron chi connectivity index (χ0n) is 6.34. The van der Waals surface area contributed by atoms with Gasteiger partial charge in [-0.05, 0) is 19.8 Å². The van der Waals surface area contributed by atoms with Gasteiger partial charge in [-0.2, -0.15) is 0 Å². The van der Waals surface area contributed by atoms with Gasteiger partial charge in [-0.3, -0.25) is 0 Å². The fraction of sp³-hybridized carbons (Fsp3) is 1.00. The summed E-state index contributed by atoms with van der Waals surface area (Å²) in [5.41, 5.74) is 0. The second-order valence-electron chi connectivity index (χ2n) is 3.00. The average molecular weight is 199 g/mol. The molecule has 0 aromatic rings. The molecule has 1 aliphatic heterocycles. The molecule has 0 aliphatic carbocycles. The standard InChI is InChI=1S/C6H11ClO3S/c1-6(11(7,8)9)2-4-10-5-3-6/h2-5H2,1H3. The summed E-state index contributed by atoms with van der Waals surface area (Å²) in [5.74, 6) is 0. The molecule has 3 nitrogen and oxygen atoms in total. The van der Waals surface area contributed by atoms with Gasteiger partial charge in [-0.15, -0.1) is 0 Å². The fourth-order valence-electron chi connectivity index (χ4n) is 1.05. The second kappa shape index (κ2) is 2.92. The maximum absolute atomic E-state index is 11.0. The minimum atomic E-state index is -3.43. The molecule has 0 unspecified atom stereocenters. The topological polar surface area (TPSA) is 43.4 Å². The Balaban J connectivity index is 2.81. The number of hydrogen-bond donors (Lipinski definition) is 0. The molecule has 0 aromatic heterocycles. The number of ether oxygens (including phenoxy) is 1. The van der Waals surface area contributed by atoms with Gasteiger partial charge in [0.15, 0.2) is 0 Å². The zero-order valence-corrected chi connectivity index (χ0v) is 7.91. The molecule has 0 N–H and O–H groups in total. The van der Waals surface area contributed by atoms with Gasteiger partial charge in [0.1, 0.15) is 0 Å². The Kier molecular flexibility index (Phi) is 2.46. The van der Waals surface area contributed by atoms with E-state index in [9.17, 15) is 8.42 Å². The lowest BCUT2D eigenvalue weighted by molar-refractivity contribution is 0.0795. The predicted molar refractivity (Wildman–Crippen MR) is 43.2 cm³/mol. The minimum absolute atomic E-state index is 0.489. The van der Waals surface area contributed by atoms with E-state index in [1.165, 1.54) is 0 Å².